The van der Waals surface area contributed by atoms with Gasteiger partial charge in [0.2, 0.25) is 5.91 Å². The van der Waals surface area contributed by atoms with Gasteiger partial charge in [0.05, 0.1) is 12.0 Å². The highest BCUT2D eigenvalue weighted by Crippen LogP contribution is 2.38. The predicted molar refractivity (Wildman–Crippen MR) is 121 cm³/mol. The van der Waals surface area contributed by atoms with Crippen LogP contribution in [0.4, 0.5) is 0 Å². The van der Waals surface area contributed by atoms with Crippen molar-refractivity contribution in [2.24, 2.45) is 12.5 Å². The number of hydrogen-bond acceptors (Lipinski definition) is 4. The number of nitrogens with zero attached hydrogens (tertiary/aromatic N) is 4. The Morgan fingerprint density at radius 1 is 1.19 bits per heavy atom. The predicted octanol–water partition coefficient (Wildman–Crippen LogP) is 2.31. The lowest BCUT2D eigenvalue weighted by Gasteiger charge is -2.29. The van der Waals surface area contributed by atoms with Gasteiger partial charge < -0.3 is 10.2 Å². The van der Waals surface area contributed by atoms with Gasteiger partial charge >= 0.3 is 0 Å². The maximum atomic E-state index is 13.3. The summed E-state index contributed by atoms with van der Waals surface area (Å²) in [5.74, 6) is 2.22. The van der Waals surface area contributed by atoms with Crippen molar-refractivity contribution in [3.8, 4) is 23.5 Å². The summed E-state index contributed by atoms with van der Waals surface area (Å²) in [5.41, 5.74) is 2.78. The minimum absolute atomic E-state index is 0.128. The molecule has 1 fully saturated rings. The van der Waals surface area contributed by atoms with E-state index in [1.54, 1.807) is 35.1 Å². The second-order valence-corrected chi connectivity index (χ2v) is 8.06. The average Bonchev–Trinajstić information content (AvgIpc) is 3.45. The van der Waals surface area contributed by atoms with Gasteiger partial charge in [-0.05, 0) is 36.1 Å². The molecule has 1 aliphatic rings. The third-order valence-corrected chi connectivity index (χ3v) is 6.03. The van der Waals surface area contributed by atoms with Crippen LogP contribution in [-0.2, 0) is 18.3 Å². The summed E-state index contributed by atoms with van der Waals surface area (Å²) < 4.78 is 1.55. The molecule has 162 valence electrons. The van der Waals surface area contributed by atoms with Crippen LogP contribution in [0.2, 0.25) is 0 Å². The maximum Gasteiger partial charge on any atom is 0.272 e. The third kappa shape index (κ3) is 4.12. The van der Waals surface area contributed by atoms with Crippen LogP contribution in [0, 0.1) is 17.8 Å². The van der Waals surface area contributed by atoms with Crippen LogP contribution in [0.1, 0.15) is 22.5 Å². The van der Waals surface area contributed by atoms with Crippen molar-refractivity contribution in [3.05, 3.63) is 72.3 Å². The number of benzene rings is 1. The number of aromatic nitrogens is 3. The quantitative estimate of drug-likeness (QED) is 0.612. The highest BCUT2D eigenvalue weighted by Gasteiger charge is 2.46. The number of amides is 2. The van der Waals surface area contributed by atoms with Gasteiger partial charge in [-0.2, -0.15) is 5.10 Å². The summed E-state index contributed by atoms with van der Waals surface area (Å²) in [5, 5.41) is 6.95. The number of rotatable bonds is 6. The van der Waals surface area contributed by atoms with Crippen LogP contribution in [0.5, 0.6) is 0 Å². The molecule has 1 N–H and O–H groups in total. The van der Waals surface area contributed by atoms with Gasteiger partial charge in [0.1, 0.15) is 5.69 Å². The third-order valence-electron chi connectivity index (χ3n) is 6.03. The summed E-state index contributed by atoms with van der Waals surface area (Å²) in [6, 6.07) is 13.6. The van der Waals surface area contributed by atoms with Gasteiger partial charge in [0.15, 0.2) is 0 Å². The monoisotopic (exact) mass is 427 g/mol. The van der Waals surface area contributed by atoms with E-state index in [1.165, 1.54) is 0 Å². The number of carbonyl (C=O) groups is 2. The molecule has 1 atom stereocenters. The Hall–Kier alpha value is -3.92. The zero-order valence-corrected chi connectivity index (χ0v) is 18.0. The van der Waals surface area contributed by atoms with Gasteiger partial charge in [-0.1, -0.05) is 36.3 Å². The first-order valence-electron chi connectivity index (χ1n) is 10.5. The van der Waals surface area contributed by atoms with Crippen molar-refractivity contribution >= 4 is 11.8 Å². The van der Waals surface area contributed by atoms with E-state index in [-0.39, 0.29) is 18.4 Å². The molecular formula is C25H25N5O2. The van der Waals surface area contributed by atoms with Crippen molar-refractivity contribution in [3.63, 3.8) is 0 Å². The molecule has 1 saturated heterocycles. The Morgan fingerprint density at radius 3 is 2.75 bits per heavy atom. The molecule has 0 radical (unpaired) electrons. The summed E-state index contributed by atoms with van der Waals surface area (Å²) in [6.07, 6.45) is 11.6. The van der Waals surface area contributed by atoms with Gasteiger partial charge in [0.25, 0.3) is 5.91 Å². The number of nitrogens with one attached hydrogen (secondary N) is 1. The van der Waals surface area contributed by atoms with E-state index in [4.69, 9.17) is 6.42 Å². The SMILES string of the molecule is C#CCNC(=O)[C@@]1(Cc2ccccc2-c2cccnc2)CCN(C(=O)c2ccnn2C)C1. The molecule has 0 unspecified atom stereocenters. The van der Waals surface area contributed by atoms with Crippen molar-refractivity contribution in [1.82, 2.24) is 25.0 Å². The maximum absolute atomic E-state index is 13.3. The number of likely N-dealkylation sites (tertiary alicyclic amines) is 1. The molecule has 2 amide bonds. The van der Waals surface area contributed by atoms with Crippen LogP contribution >= 0.6 is 0 Å². The van der Waals surface area contributed by atoms with Crippen molar-refractivity contribution < 1.29 is 9.59 Å². The number of aryl methyl sites for hydroxylation is 1. The highest BCUT2D eigenvalue weighted by atomic mass is 16.2. The zero-order chi connectivity index (χ0) is 22.6. The van der Waals surface area contributed by atoms with Crippen LogP contribution < -0.4 is 5.32 Å². The first kappa shape index (κ1) is 21.3. The molecule has 7 nitrogen and oxygen atoms in total. The smallest absolute Gasteiger partial charge is 0.272 e. The Balaban J connectivity index is 1.66. The Morgan fingerprint density at radius 2 is 2.03 bits per heavy atom. The van der Waals surface area contributed by atoms with E-state index in [0.29, 0.717) is 31.6 Å². The van der Waals surface area contributed by atoms with E-state index < -0.39 is 5.41 Å². The van der Waals surface area contributed by atoms with Gasteiger partial charge in [-0.3, -0.25) is 19.3 Å². The molecule has 7 heteroatoms. The fraction of sp³-hybridized carbons (Fsp3) is 0.280. The van der Waals surface area contributed by atoms with Crippen LogP contribution in [0.15, 0.2) is 61.1 Å². The lowest BCUT2D eigenvalue weighted by atomic mass is 9.78. The second-order valence-electron chi connectivity index (χ2n) is 8.06. The minimum atomic E-state index is -0.774. The summed E-state index contributed by atoms with van der Waals surface area (Å²) in [6.45, 7) is 0.956. The average molecular weight is 428 g/mol. The van der Waals surface area contributed by atoms with Crippen LogP contribution in [-0.4, -0.2) is 51.1 Å². The fourth-order valence-corrected chi connectivity index (χ4v) is 4.36. The largest absolute Gasteiger partial charge is 0.345 e. The lowest BCUT2D eigenvalue weighted by molar-refractivity contribution is -0.130. The molecule has 2 aromatic heterocycles. The molecule has 4 rings (SSSR count). The molecule has 0 bridgehead atoms. The van der Waals surface area contributed by atoms with Crippen LogP contribution in [0.3, 0.4) is 0 Å². The second kappa shape index (κ2) is 9.06. The Labute approximate surface area is 187 Å². The van der Waals surface area contributed by atoms with Crippen molar-refractivity contribution in [1.29, 1.82) is 0 Å². The number of carbonyl (C=O) groups excluding carboxylic acids is 2. The van der Waals surface area contributed by atoms with E-state index >= 15 is 0 Å². The van der Waals surface area contributed by atoms with E-state index in [9.17, 15) is 9.59 Å². The van der Waals surface area contributed by atoms with E-state index in [0.717, 1.165) is 16.7 Å². The van der Waals surface area contributed by atoms with E-state index in [2.05, 4.69) is 21.3 Å². The highest BCUT2D eigenvalue weighted by molar-refractivity contribution is 5.94. The summed E-state index contributed by atoms with van der Waals surface area (Å²) in [4.78, 5) is 32.4. The molecule has 32 heavy (non-hydrogen) atoms. The Bertz CT molecular complexity index is 1160. The molecule has 0 spiro atoms. The minimum Gasteiger partial charge on any atom is -0.345 e. The molecule has 3 aromatic rings. The van der Waals surface area contributed by atoms with Gasteiger partial charge in [-0.15, -0.1) is 6.42 Å². The van der Waals surface area contributed by atoms with Gasteiger partial charge in [-0.25, -0.2) is 0 Å². The zero-order valence-electron chi connectivity index (χ0n) is 18.0. The van der Waals surface area contributed by atoms with Gasteiger partial charge in [0, 0.05) is 44.3 Å². The summed E-state index contributed by atoms with van der Waals surface area (Å²) >= 11 is 0. The number of pyridine rings is 1. The Kier molecular flexibility index (Phi) is 6.04. The first-order valence-corrected chi connectivity index (χ1v) is 10.5. The molecule has 0 saturated carbocycles. The molecule has 0 aliphatic carbocycles. The molecular weight excluding hydrogens is 402 g/mol. The van der Waals surface area contributed by atoms with Crippen molar-refractivity contribution in [2.45, 2.75) is 12.8 Å². The lowest BCUT2D eigenvalue weighted by Crippen LogP contribution is -2.45. The molecule has 3 heterocycles. The number of terminal acetylenes is 1. The summed E-state index contributed by atoms with van der Waals surface area (Å²) in [7, 11) is 1.74. The van der Waals surface area contributed by atoms with E-state index in [1.807, 2.05) is 42.6 Å². The fourth-order valence-electron chi connectivity index (χ4n) is 4.36. The van der Waals surface area contributed by atoms with Crippen molar-refractivity contribution in [2.75, 3.05) is 19.6 Å². The van der Waals surface area contributed by atoms with Crippen LogP contribution in [0.25, 0.3) is 11.1 Å². The number of hydrogen-bond donors (Lipinski definition) is 1. The molecule has 1 aromatic carbocycles. The topological polar surface area (TPSA) is 80.1 Å². The standard InChI is InChI=1S/C25H25N5O2/c1-3-12-27-24(32)25(11-15-30(18-25)23(31)22-10-14-28-29(22)2)16-19-7-4-5-9-21(19)20-8-6-13-26-17-20/h1,4-10,13-14,17H,11-12,15-16,18H2,2H3,(H,27,32)/t25-/m1/s1. The molecule has 1 aliphatic heterocycles. The normalized spacial score (nSPS) is 17.7. The first-order chi connectivity index (χ1) is 15.5.